The number of carbonyl (C=O) groups excluding carboxylic acids is 2. The van der Waals surface area contributed by atoms with E-state index in [1.807, 2.05) is 0 Å². The number of carbonyl (C=O) groups is 3. The Labute approximate surface area is 85.8 Å². The van der Waals surface area contributed by atoms with E-state index in [2.05, 4.69) is 4.74 Å². The van der Waals surface area contributed by atoms with Crippen LogP contribution in [0.4, 0.5) is 0 Å². The fraction of sp³-hybridized carbons (Fsp3) is 0. The summed E-state index contributed by atoms with van der Waals surface area (Å²) in [6.07, 6.45) is 2.17. The molecule has 0 saturated carbocycles. The minimum Gasteiger partial charge on any atom is -1.00 e. The van der Waals surface area contributed by atoms with Gasteiger partial charge in [0, 0.05) is 12.2 Å². The molecular formula is C5H5NaO5. The number of hydrogen-bond donors (Lipinski definition) is 1. The van der Waals surface area contributed by atoms with Gasteiger partial charge in [-0.2, -0.15) is 0 Å². The Morgan fingerprint density at radius 2 is 1.64 bits per heavy atom. The van der Waals surface area contributed by atoms with Crippen molar-refractivity contribution in [3.05, 3.63) is 12.2 Å². The SMILES string of the molecule is O=C1C=CC(=O)O1.O=CO.[H-].[Na+]. The molecule has 1 rings (SSSR count). The summed E-state index contributed by atoms with van der Waals surface area (Å²) in [7, 11) is 0. The molecule has 1 N–H and O–H groups in total. The third-order valence-electron chi connectivity index (χ3n) is 0.557. The number of cyclic esters (lactones) is 2. The monoisotopic (exact) mass is 168 g/mol. The Morgan fingerprint density at radius 1 is 1.36 bits per heavy atom. The number of ether oxygens (including phenoxy) is 1. The van der Waals surface area contributed by atoms with Crippen LogP contribution in [-0.4, -0.2) is 23.5 Å². The van der Waals surface area contributed by atoms with E-state index in [-0.39, 0.29) is 37.5 Å². The largest absolute Gasteiger partial charge is 1.00 e. The summed E-state index contributed by atoms with van der Waals surface area (Å²) < 4.78 is 3.97. The topological polar surface area (TPSA) is 80.7 Å². The Morgan fingerprint density at radius 3 is 1.73 bits per heavy atom. The van der Waals surface area contributed by atoms with Crippen molar-refractivity contribution in [3.63, 3.8) is 0 Å². The molecule has 0 fully saturated rings. The zero-order valence-corrected chi connectivity index (χ0v) is 7.81. The van der Waals surface area contributed by atoms with Crippen LogP contribution in [0.3, 0.4) is 0 Å². The van der Waals surface area contributed by atoms with Crippen molar-refractivity contribution >= 4 is 18.4 Å². The molecule has 6 heteroatoms. The van der Waals surface area contributed by atoms with Crippen molar-refractivity contribution in [2.45, 2.75) is 0 Å². The maximum absolute atomic E-state index is 9.92. The molecule has 0 unspecified atom stereocenters. The summed E-state index contributed by atoms with van der Waals surface area (Å²) >= 11 is 0. The molecule has 1 aliphatic rings. The van der Waals surface area contributed by atoms with Gasteiger partial charge in [0.2, 0.25) is 0 Å². The normalized spacial score (nSPS) is 12.4. The fourth-order valence-corrected chi connectivity index (χ4v) is 0.303. The minimum atomic E-state index is -0.579. The first kappa shape index (κ1) is 13.0. The molecular weight excluding hydrogens is 163 g/mol. The van der Waals surface area contributed by atoms with Crippen molar-refractivity contribution in [1.82, 2.24) is 0 Å². The number of rotatable bonds is 0. The van der Waals surface area contributed by atoms with E-state index in [1.54, 1.807) is 0 Å². The van der Waals surface area contributed by atoms with Crippen LogP contribution in [-0.2, 0) is 19.1 Å². The molecule has 0 amide bonds. The maximum atomic E-state index is 9.92. The molecule has 0 aromatic heterocycles. The van der Waals surface area contributed by atoms with Crippen molar-refractivity contribution in [2.24, 2.45) is 0 Å². The van der Waals surface area contributed by atoms with E-state index < -0.39 is 11.9 Å². The van der Waals surface area contributed by atoms with Gasteiger partial charge in [-0.05, 0) is 0 Å². The van der Waals surface area contributed by atoms with Crippen LogP contribution >= 0.6 is 0 Å². The van der Waals surface area contributed by atoms with Gasteiger partial charge in [0.1, 0.15) is 0 Å². The van der Waals surface area contributed by atoms with Gasteiger partial charge in [-0.1, -0.05) is 0 Å². The van der Waals surface area contributed by atoms with E-state index >= 15 is 0 Å². The van der Waals surface area contributed by atoms with Crippen LogP contribution in [0.1, 0.15) is 1.43 Å². The second-order valence-electron chi connectivity index (χ2n) is 1.18. The molecule has 0 aliphatic carbocycles. The smallest absolute Gasteiger partial charge is 1.00 e. The Kier molecular flexibility index (Phi) is 8.80. The zero-order chi connectivity index (χ0) is 7.98. The molecule has 0 radical (unpaired) electrons. The molecule has 0 spiro atoms. The van der Waals surface area contributed by atoms with Crippen LogP contribution in [0.25, 0.3) is 0 Å². The van der Waals surface area contributed by atoms with Gasteiger partial charge < -0.3 is 11.3 Å². The van der Waals surface area contributed by atoms with Gasteiger partial charge in [-0.25, -0.2) is 9.59 Å². The van der Waals surface area contributed by atoms with E-state index in [0.29, 0.717) is 0 Å². The van der Waals surface area contributed by atoms with Gasteiger partial charge in [0.25, 0.3) is 6.47 Å². The van der Waals surface area contributed by atoms with Crippen LogP contribution in [0, 0.1) is 0 Å². The molecule has 56 valence electrons. The summed E-state index contributed by atoms with van der Waals surface area (Å²) in [6, 6.07) is 0. The third kappa shape index (κ3) is 7.24. The summed E-state index contributed by atoms with van der Waals surface area (Å²) in [5, 5.41) is 6.89. The number of hydrogen-bond acceptors (Lipinski definition) is 4. The molecule has 0 aromatic rings. The molecule has 11 heavy (non-hydrogen) atoms. The molecule has 5 nitrogen and oxygen atoms in total. The number of carboxylic acid groups (broad SMARTS) is 1. The summed E-state index contributed by atoms with van der Waals surface area (Å²) in [6.45, 7) is -0.250. The molecule has 0 aromatic carbocycles. The van der Waals surface area contributed by atoms with Crippen molar-refractivity contribution < 1.29 is 55.2 Å². The Balaban J connectivity index is -0.000000146. The van der Waals surface area contributed by atoms with Crippen molar-refractivity contribution in [1.29, 1.82) is 0 Å². The molecule has 1 aliphatic heterocycles. The van der Waals surface area contributed by atoms with Gasteiger partial charge >= 0.3 is 41.5 Å². The van der Waals surface area contributed by atoms with Gasteiger partial charge in [-0.3, -0.25) is 4.79 Å². The van der Waals surface area contributed by atoms with Gasteiger partial charge in [0.05, 0.1) is 0 Å². The maximum Gasteiger partial charge on any atom is 1.00 e. The average molecular weight is 168 g/mol. The minimum absolute atomic E-state index is 0. The summed E-state index contributed by atoms with van der Waals surface area (Å²) in [5.74, 6) is -1.16. The van der Waals surface area contributed by atoms with Gasteiger partial charge in [0.15, 0.2) is 0 Å². The third-order valence-corrected chi connectivity index (χ3v) is 0.557. The first-order valence-electron chi connectivity index (χ1n) is 2.22. The van der Waals surface area contributed by atoms with Crippen LogP contribution < -0.4 is 29.6 Å². The Bertz CT molecular complexity index is 174. The summed E-state index contributed by atoms with van der Waals surface area (Å²) in [4.78, 5) is 28.2. The van der Waals surface area contributed by atoms with Crippen molar-refractivity contribution in [3.8, 4) is 0 Å². The van der Waals surface area contributed by atoms with E-state index in [4.69, 9.17) is 9.90 Å². The van der Waals surface area contributed by atoms with Gasteiger partial charge in [-0.15, -0.1) is 0 Å². The predicted molar refractivity (Wildman–Crippen MR) is 30.0 cm³/mol. The van der Waals surface area contributed by atoms with Crippen LogP contribution in [0.15, 0.2) is 12.2 Å². The Hall–Kier alpha value is -0.650. The zero-order valence-electron chi connectivity index (χ0n) is 6.81. The summed E-state index contributed by atoms with van der Waals surface area (Å²) in [5.41, 5.74) is 0. The van der Waals surface area contributed by atoms with Crippen LogP contribution in [0.5, 0.6) is 0 Å². The first-order chi connectivity index (χ1) is 4.70. The molecule has 1 heterocycles. The van der Waals surface area contributed by atoms with E-state index in [1.165, 1.54) is 0 Å². The van der Waals surface area contributed by atoms with E-state index in [9.17, 15) is 9.59 Å². The first-order valence-corrected chi connectivity index (χ1v) is 2.22. The standard InChI is InChI=1S/C4H2O3.CH2O2.Na.H/c5-3-1-2-4(6)7-3;2-1-3;;/h1-2H;1H,(H,2,3);;/q;;+1;-1. The molecule has 0 bridgehead atoms. The second kappa shape index (κ2) is 7.46. The molecule has 0 atom stereocenters. The average Bonchev–Trinajstić information content (AvgIpc) is 2.17. The number of esters is 2. The fourth-order valence-electron chi connectivity index (χ4n) is 0.303. The van der Waals surface area contributed by atoms with E-state index in [0.717, 1.165) is 12.2 Å². The quantitative estimate of drug-likeness (QED) is 0.175. The molecule has 0 saturated heterocycles. The van der Waals surface area contributed by atoms with Crippen molar-refractivity contribution in [2.75, 3.05) is 0 Å². The van der Waals surface area contributed by atoms with Crippen LogP contribution in [0.2, 0.25) is 0 Å². The predicted octanol–water partition coefficient (Wildman–Crippen LogP) is -3.56. The second-order valence-corrected chi connectivity index (χ2v) is 1.18.